The lowest BCUT2D eigenvalue weighted by molar-refractivity contribution is 0.275. The third-order valence-electron chi connectivity index (χ3n) is 2.69. The van der Waals surface area contributed by atoms with E-state index in [-0.39, 0.29) is 0 Å². The van der Waals surface area contributed by atoms with E-state index in [1.165, 1.54) is 38.5 Å². The quantitative estimate of drug-likeness (QED) is 0.513. The van der Waals surface area contributed by atoms with Crippen molar-refractivity contribution in [3.63, 3.8) is 0 Å². The van der Waals surface area contributed by atoms with Crippen LogP contribution in [0.4, 0.5) is 0 Å². The highest BCUT2D eigenvalue weighted by molar-refractivity contribution is 7.45. The molecule has 0 aliphatic heterocycles. The Morgan fingerprint density at radius 2 is 1.44 bits per heavy atom. The maximum atomic E-state index is 8.88. The molecule has 0 rings (SSSR count). The van der Waals surface area contributed by atoms with E-state index in [2.05, 4.69) is 30.0 Å². The molecule has 4 nitrogen and oxygen atoms in total. The standard InChI is InChI=1S/C10H23P.H3O4P/c1-4-7-8-9-10(11,5-2)6-3;1-5(2,3)4/h4-9,11H2,1-3H3;(H3,1,2,3,4). The number of hydrogen-bond donors (Lipinski definition) is 3. The van der Waals surface area contributed by atoms with E-state index in [1.807, 2.05) is 0 Å². The van der Waals surface area contributed by atoms with E-state index in [9.17, 15) is 0 Å². The predicted molar refractivity (Wildman–Crippen MR) is 71.4 cm³/mol. The third kappa shape index (κ3) is 17.0. The molecule has 0 heterocycles. The van der Waals surface area contributed by atoms with Crippen LogP contribution in [-0.2, 0) is 4.57 Å². The van der Waals surface area contributed by atoms with Gasteiger partial charge in [-0.25, -0.2) is 4.57 Å². The van der Waals surface area contributed by atoms with Gasteiger partial charge in [0.05, 0.1) is 0 Å². The number of phosphoric acid groups is 1. The number of hydrogen-bond acceptors (Lipinski definition) is 1. The normalized spacial score (nSPS) is 11.9. The van der Waals surface area contributed by atoms with Crippen LogP contribution >= 0.6 is 17.1 Å². The Bertz CT molecular complexity index is 191. The summed E-state index contributed by atoms with van der Waals surface area (Å²) in [6.45, 7) is 6.85. The van der Waals surface area contributed by atoms with Gasteiger partial charge in [0.25, 0.3) is 0 Å². The summed E-state index contributed by atoms with van der Waals surface area (Å²) in [5, 5.41) is 0.551. The molecule has 0 saturated carbocycles. The molecular formula is C10H26O4P2. The largest absolute Gasteiger partial charge is 0.466 e. The van der Waals surface area contributed by atoms with Crippen LogP contribution < -0.4 is 0 Å². The molecule has 16 heavy (non-hydrogen) atoms. The second kappa shape index (κ2) is 9.56. The molecule has 0 aliphatic rings. The zero-order valence-electron chi connectivity index (χ0n) is 10.5. The minimum Gasteiger partial charge on any atom is -0.303 e. The van der Waals surface area contributed by atoms with Crippen LogP contribution in [0.15, 0.2) is 0 Å². The highest BCUT2D eigenvalue weighted by Crippen LogP contribution is 2.32. The summed E-state index contributed by atoms with van der Waals surface area (Å²) in [7, 11) is -1.60. The molecule has 0 amide bonds. The minimum absolute atomic E-state index is 0.551. The fraction of sp³-hybridized carbons (Fsp3) is 1.00. The van der Waals surface area contributed by atoms with Gasteiger partial charge in [-0.15, -0.1) is 9.24 Å². The molecule has 0 aromatic rings. The SMILES string of the molecule is CCCCCC(P)(CC)CC.O=P(O)(O)O. The van der Waals surface area contributed by atoms with Crippen molar-refractivity contribution in [1.29, 1.82) is 0 Å². The Morgan fingerprint density at radius 1 is 1.06 bits per heavy atom. The van der Waals surface area contributed by atoms with E-state index in [4.69, 9.17) is 19.2 Å². The van der Waals surface area contributed by atoms with Gasteiger partial charge in [-0.05, 0) is 24.4 Å². The van der Waals surface area contributed by atoms with Gasteiger partial charge in [0.15, 0.2) is 0 Å². The van der Waals surface area contributed by atoms with Crippen LogP contribution in [0.2, 0.25) is 0 Å². The summed E-state index contributed by atoms with van der Waals surface area (Å²) in [5.74, 6) is 0. The predicted octanol–water partition coefficient (Wildman–Crippen LogP) is 3.07. The van der Waals surface area contributed by atoms with Gasteiger partial charge in [0, 0.05) is 0 Å². The van der Waals surface area contributed by atoms with Crippen LogP contribution in [0.1, 0.15) is 59.3 Å². The summed E-state index contributed by atoms with van der Waals surface area (Å²) in [5.41, 5.74) is 0. The molecule has 1 atom stereocenters. The molecule has 6 heteroatoms. The van der Waals surface area contributed by atoms with E-state index in [1.54, 1.807) is 0 Å². The lowest BCUT2D eigenvalue weighted by Crippen LogP contribution is -2.17. The minimum atomic E-state index is -4.64. The molecule has 3 N–H and O–H groups in total. The average Bonchev–Trinajstić information content (AvgIpc) is 2.15. The smallest absolute Gasteiger partial charge is 0.303 e. The van der Waals surface area contributed by atoms with Gasteiger partial charge in [0.1, 0.15) is 0 Å². The van der Waals surface area contributed by atoms with Crippen molar-refractivity contribution in [2.45, 2.75) is 64.5 Å². The summed E-state index contributed by atoms with van der Waals surface area (Å²) >= 11 is 0. The summed E-state index contributed by atoms with van der Waals surface area (Å²) < 4.78 is 8.88. The van der Waals surface area contributed by atoms with Crippen LogP contribution in [0.5, 0.6) is 0 Å². The molecule has 0 aromatic heterocycles. The molecule has 0 spiro atoms. The van der Waals surface area contributed by atoms with Crippen LogP contribution in [-0.4, -0.2) is 19.8 Å². The van der Waals surface area contributed by atoms with Crippen molar-refractivity contribution in [2.24, 2.45) is 0 Å². The molecule has 1 unspecified atom stereocenters. The summed E-state index contributed by atoms with van der Waals surface area (Å²) in [6.07, 6.45) is 8.14. The van der Waals surface area contributed by atoms with Crippen molar-refractivity contribution in [1.82, 2.24) is 0 Å². The summed E-state index contributed by atoms with van der Waals surface area (Å²) in [6, 6.07) is 0. The van der Waals surface area contributed by atoms with Crippen LogP contribution in [0.25, 0.3) is 0 Å². The van der Waals surface area contributed by atoms with Crippen molar-refractivity contribution >= 4 is 17.1 Å². The molecule has 0 aliphatic carbocycles. The Balaban J connectivity index is 0. The topological polar surface area (TPSA) is 77.8 Å². The first kappa shape index (κ1) is 18.9. The van der Waals surface area contributed by atoms with Crippen molar-refractivity contribution in [3.8, 4) is 0 Å². The molecule has 100 valence electrons. The van der Waals surface area contributed by atoms with Gasteiger partial charge < -0.3 is 14.7 Å². The molecular weight excluding hydrogens is 246 g/mol. The first-order valence-corrected chi connectivity index (χ1v) is 7.90. The number of rotatable bonds is 6. The lowest BCUT2D eigenvalue weighted by atomic mass is 9.95. The van der Waals surface area contributed by atoms with Gasteiger partial charge >= 0.3 is 7.82 Å². The fourth-order valence-corrected chi connectivity index (χ4v) is 1.53. The van der Waals surface area contributed by atoms with Gasteiger partial charge in [0.2, 0.25) is 0 Å². The zero-order valence-corrected chi connectivity index (χ0v) is 12.6. The van der Waals surface area contributed by atoms with Gasteiger partial charge in [-0.3, -0.25) is 0 Å². The Kier molecular flexibility index (Phi) is 11.3. The first-order valence-electron chi connectivity index (χ1n) is 5.75. The van der Waals surface area contributed by atoms with E-state index < -0.39 is 7.82 Å². The maximum Gasteiger partial charge on any atom is 0.466 e. The van der Waals surface area contributed by atoms with Crippen LogP contribution in [0, 0.1) is 0 Å². The second-order valence-corrected chi connectivity index (χ2v) is 6.29. The molecule has 0 saturated heterocycles. The molecule has 0 bridgehead atoms. The highest BCUT2D eigenvalue weighted by Gasteiger charge is 2.18. The van der Waals surface area contributed by atoms with Gasteiger partial charge in [-0.2, -0.15) is 0 Å². The Hall–Kier alpha value is 0.540. The zero-order chi connectivity index (χ0) is 13.2. The molecule has 0 radical (unpaired) electrons. The van der Waals surface area contributed by atoms with Crippen molar-refractivity contribution in [2.75, 3.05) is 0 Å². The Morgan fingerprint density at radius 3 is 1.69 bits per heavy atom. The molecule has 0 aromatic carbocycles. The third-order valence-corrected chi connectivity index (χ3v) is 3.79. The van der Waals surface area contributed by atoms with Crippen molar-refractivity contribution in [3.05, 3.63) is 0 Å². The van der Waals surface area contributed by atoms with E-state index in [0.717, 1.165) is 0 Å². The fourth-order valence-electron chi connectivity index (χ4n) is 1.33. The lowest BCUT2D eigenvalue weighted by Gasteiger charge is -2.26. The van der Waals surface area contributed by atoms with E-state index >= 15 is 0 Å². The first-order chi connectivity index (χ1) is 7.18. The Labute approximate surface area is 101 Å². The molecule has 0 fully saturated rings. The number of unbranched alkanes of at least 4 members (excludes halogenated alkanes) is 2. The maximum absolute atomic E-state index is 8.88. The summed E-state index contributed by atoms with van der Waals surface area (Å²) in [4.78, 5) is 21.6. The average molecular weight is 272 g/mol. The van der Waals surface area contributed by atoms with Crippen molar-refractivity contribution < 1.29 is 19.2 Å². The highest BCUT2D eigenvalue weighted by atomic mass is 31.2. The van der Waals surface area contributed by atoms with Gasteiger partial charge in [-0.1, -0.05) is 40.0 Å². The second-order valence-electron chi connectivity index (χ2n) is 4.04. The van der Waals surface area contributed by atoms with E-state index in [0.29, 0.717) is 5.16 Å². The van der Waals surface area contributed by atoms with Crippen LogP contribution in [0.3, 0.4) is 0 Å². The monoisotopic (exact) mass is 272 g/mol.